The van der Waals surface area contributed by atoms with Gasteiger partial charge in [0.25, 0.3) is 0 Å². The molecule has 0 unspecified atom stereocenters. The van der Waals surface area contributed by atoms with E-state index >= 15 is 0 Å². The van der Waals surface area contributed by atoms with Crippen molar-refractivity contribution in [3.05, 3.63) is 0 Å². The summed E-state index contributed by atoms with van der Waals surface area (Å²) in [6, 6.07) is -0.795. The first-order valence-corrected chi connectivity index (χ1v) is 5.04. The highest BCUT2D eigenvalue weighted by molar-refractivity contribution is 5.85. The smallest absolute Gasteiger partial charge is 0.320 e. The number of nitrogens with zero attached hydrogens (tertiary/aromatic N) is 1. The molecular weight excluding hydrogens is 194 g/mol. The van der Waals surface area contributed by atoms with Gasteiger partial charge in [-0.05, 0) is 12.8 Å². The zero-order chi connectivity index (χ0) is 12.1. The molecule has 0 aliphatic carbocycles. The molecule has 0 spiro atoms. The fourth-order valence-corrected chi connectivity index (χ4v) is 0.871. The van der Waals surface area contributed by atoms with Gasteiger partial charge in [0.2, 0.25) is 0 Å². The lowest BCUT2D eigenvalue weighted by Crippen LogP contribution is -2.31. The standard InChI is InChI=1S/C10H21N3O2/c1-10(2,3)9(12)13-6-4-5-7(11)8(14)15/h7H,4-6,11H2,1-3H3,(H2,12,13)(H,14,15)/t7-/m0/s1. The lowest BCUT2D eigenvalue weighted by atomic mass is 9.95. The van der Waals surface area contributed by atoms with Crippen molar-refractivity contribution < 1.29 is 9.90 Å². The first-order valence-electron chi connectivity index (χ1n) is 5.04. The van der Waals surface area contributed by atoms with Crippen LogP contribution >= 0.6 is 0 Å². The first-order chi connectivity index (χ1) is 6.75. The number of nitrogens with two attached hydrogens (primary N) is 2. The van der Waals surface area contributed by atoms with E-state index < -0.39 is 12.0 Å². The van der Waals surface area contributed by atoms with Gasteiger partial charge in [-0.15, -0.1) is 0 Å². The Balaban J connectivity index is 3.85. The summed E-state index contributed by atoms with van der Waals surface area (Å²) < 4.78 is 0. The van der Waals surface area contributed by atoms with Crippen molar-refractivity contribution in [3.63, 3.8) is 0 Å². The second kappa shape index (κ2) is 5.70. The summed E-state index contributed by atoms with van der Waals surface area (Å²) in [6.07, 6.45) is 1.07. The maximum absolute atomic E-state index is 10.4. The molecular formula is C10H21N3O2. The lowest BCUT2D eigenvalue weighted by Gasteiger charge is -2.17. The molecule has 5 nitrogen and oxygen atoms in total. The van der Waals surface area contributed by atoms with Crippen LogP contribution in [0.2, 0.25) is 0 Å². The Morgan fingerprint density at radius 1 is 1.47 bits per heavy atom. The minimum absolute atomic E-state index is 0.130. The van der Waals surface area contributed by atoms with Crippen LogP contribution in [0.3, 0.4) is 0 Å². The third kappa shape index (κ3) is 6.06. The Bertz CT molecular complexity index is 244. The van der Waals surface area contributed by atoms with Gasteiger partial charge in [0.1, 0.15) is 6.04 Å². The molecule has 0 rings (SSSR count). The second-order valence-corrected chi connectivity index (χ2v) is 4.60. The fraction of sp³-hybridized carbons (Fsp3) is 0.800. The molecule has 5 N–H and O–H groups in total. The van der Waals surface area contributed by atoms with Gasteiger partial charge >= 0.3 is 5.97 Å². The molecule has 88 valence electrons. The molecule has 5 heteroatoms. The van der Waals surface area contributed by atoms with Crippen molar-refractivity contribution in [3.8, 4) is 0 Å². The van der Waals surface area contributed by atoms with E-state index in [2.05, 4.69) is 4.99 Å². The Hall–Kier alpha value is -1.10. The zero-order valence-corrected chi connectivity index (χ0v) is 9.66. The molecule has 1 atom stereocenters. The number of amidine groups is 1. The molecule has 0 amide bonds. The number of carbonyl (C=O) groups is 1. The summed E-state index contributed by atoms with van der Waals surface area (Å²) in [4.78, 5) is 14.6. The number of carboxylic acids is 1. The predicted octanol–water partition coefficient (Wildman–Crippen LogP) is 0.582. The summed E-state index contributed by atoms with van der Waals surface area (Å²) in [5.41, 5.74) is 10.9. The summed E-state index contributed by atoms with van der Waals surface area (Å²) in [6.45, 7) is 6.47. The second-order valence-electron chi connectivity index (χ2n) is 4.60. The lowest BCUT2D eigenvalue weighted by molar-refractivity contribution is -0.138. The van der Waals surface area contributed by atoms with Crippen LogP contribution in [-0.4, -0.2) is 29.5 Å². The van der Waals surface area contributed by atoms with Gasteiger partial charge in [0.05, 0.1) is 5.84 Å². The molecule has 0 bridgehead atoms. The molecule has 0 aromatic heterocycles. The molecule has 0 saturated heterocycles. The summed E-state index contributed by atoms with van der Waals surface area (Å²) in [5.74, 6) is -0.380. The van der Waals surface area contributed by atoms with Crippen LogP contribution in [0.4, 0.5) is 0 Å². The Morgan fingerprint density at radius 3 is 2.40 bits per heavy atom. The average Bonchev–Trinajstić information content (AvgIpc) is 2.09. The van der Waals surface area contributed by atoms with E-state index in [1.54, 1.807) is 0 Å². The summed E-state index contributed by atoms with van der Waals surface area (Å²) >= 11 is 0. The van der Waals surface area contributed by atoms with Crippen LogP contribution in [0.15, 0.2) is 4.99 Å². The van der Waals surface area contributed by atoms with Crippen molar-refractivity contribution in [2.75, 3.05) is 6.54 Å². The minimum atomic E-state index is -0.970. The molecule has 0 aromatic rings. The highest BCUT2D eigenvalue weighted by atomic mass is 16.4. The summed E-state index contributed by atoms with van der Waals surface area (Å²) in [7, 11) is 0. The SMILES string of the molecule is CC(C)(C)C(N)=NCCC[C@H](N)C(=O)O. The maximum atomic E-state index is 10.4. The minimum Gasteiger partial charge on any atom is -0.480 e. The number of hydrogen-bond acceptors (Lipinski definition) is 3. The van der Waals surface area contributed by atoms with Crippen LogP contribution in [-0.2, 0) is 4.79 Å². The first kappa shape index (κ1) is 13.9. The van der Waals surface area contributed by atoms with Gasteiger partial charge in [-0.1, -0.05) is 20.8 Å². The van der Waals surface area contributed by atoms with Crippen LogP contribution in [0.1, 0.15) is 33.6 Å². The van der Waals surface area contributed by atoms with Gasteiger partial charge in [0.15, 0.2) is 0 Å². The van der Waals surface area contributed by atoms with Crippen LogP contribution in [0, 0.1) is 5.41 Å². The van der Waals surface area contributed by atoms with Crippen molar-refractivity contribution in [1.82, 2.24) is 0 Å². The number of aliphatic carboxylic acids is 1. The van der Waals surface area contributed by atoms with Crippen molar-refractivity contribution in [2.24, 2.45) is 21.9 Å². The molecule has 0 aliphatic rings. The number of aliphatic imine (C=N–C) groups is 1. The Labute approximate surface area is 90.6 Å². The predicted molar refractivity (Wildman–Crippen MR) is 60.8 cm³/mol. The van der Waals surface area contributed by atoms with Crippen molar-refractivity contribution in [2.45, 2.75) is 39.7 Å². The van der Waals surface area contributed by atoms with E-state index in [-0.39, 0.29) is 5.41 Å². The van der Waals surface area contributed by atoms with E-state index in [1.165, 1.54) is 0 Å². The molecule has 0 aromatic carbocycles. The monoisotopic (exact) mass is 215 g/mol. The van der Waals surface area contributed by atoms with Crippen molar-refractivity contribution >= 4 is 11.8 Å². The highest BCUT2D eigenvalue weighted by Crippen LogP contribution is 2.12. The third-order valence-electron chi connectivity index (χ3n) is 2.04. The molecule has 0 fully saturated rings. The zero-order valence-electron chi connectivity index (χ0n) is 9.66. The van der Waals surface area contributed by atoms with Gasteiger partial charge < -0.3 is 16.6 Å². The van der Waals surface area contributed by atoms with Gasteiger partial charge in [-0.2, -0.15) is 0 Å². The number of hydrogen-bond donors (Lipinski definition) is 3. The molecule has 15 heavy (non-hydrogen) atoms. The fourth-order valence-electron chi connectivity index (χ4n) is 0.871. The molecule has 0 aliphatic heterocycles. The van der Waals surface area contributed by atoms with Crippen LogP contribution in [0.5, 0.6) is 0 Å². The number of rotatable bonds is 5. The Kier molecular flexibility index (Phi) is 5.28. The molecule has 0 heterocycles. The average molecular weight is 215 g/mol. The van der Waals surface area contributed by atoms with Crippen LogP contribution in [0.25, 0.3) is 0 Å². The van der Waals surface area contributed by atoms with Gasteiger partial charge in [-0.25, -0.2) is 0 Å². The topological polar surface area (TPSA) is 102 Å². The molecule has 0 saturated carbocycles. The van der Waals surface area contributed by atoms with Gasteiger partial charge in [-0.3, -0.25) is 9.79 Å². The third-order valence-corrected chi connectivity index (χ3v) is 2.04. The normalized spacial score (nSPS) is 15.1. The van der Waals surface area contributed by atoms with E-state index in [0.29, 0.717) is 25.2 Å². The largest absolute Gasteiger partial charge is 0.480 e. The summed E-state index contributed by atoms with van der Waals surface area (Å²) in [5, 5.41) is 8.53. The van der Waals surface area contributed by atoms with Crippen LogP contribution < -0.4 is 11.5 Å². The van der Waals surface area contributed by atoms with E-state index in [0.717, 1.165) is 0 Å². The maximum Gasteiger partial charge on any atom is 0.320 e. The quantitative estimate of drug-likeness (QED) is 0.354. The van der Waals surface area contributed by atoms with Gasteiger partial charge in [0, 0.05) is 12.0 Å². The highest BCUT2D eigenvalue weighted by Gasteiger charge is 2.15. The van der Waals surface area contributed by atoms with E-state index in [1.807, 2.05) is 20.8 Å². The molecule has 0 radical (unpaired) electrons. The van der Waals surface area contributed by atoms with Crippen molar-refractivity contribution in [1.29, 1.82) is 0 Å². The Morgan fingerprint density at radius 2 is 2.00 bits per heavy atom. The van der Waals surface area contributed by atoms with E-state index in [9.17, 15) is 4.79 Å². The number of carboxylic acid groups (broad SMARTS) is 1. The van der Waals surface area contributed by atoms with E-state index in [4.69, 9.17) is 16.6 Å².